The van der Waals surface area contributed by atoms with E-state index in [4.69, 9.17) is 10.5 Å². The lowest BCUT2D eigenvalue weighted by Gasteiger charge is -2.36. The molecule has 2 N–H and O–H groups in total. The SMILES string of the molecule is CCN(CC1CCCO1)CC1(C)CCCC1N. The highest BCUT2D eigenvalue weighted by molar-refractivity contribution is 4.93. The lowest BCUT2D eigenvalue weighted by molar-refractivity contribution is 0.0569. The first kappa shape index (κ1) is 13.3. The van der Waals surface area contributed by atoms with Crippen molar-refractivity contribution in [1.82, 2.24) is 4.90 Å². The highest BCUT2D eigenvalue weighted by atomic mass is 16.5. The summed E-state index contributed by atoms with van der Waals surface area (Å²) in [7, 11) is 0. The van der Waals surface area contributed by atoms with Gasteiger partial charge in [0.1, 0.15) is 0 Å². The van der Waals surface area contributed by atoms with Gasteiger partial charge in [0.05, 0.1) is 6.10 Å². The molecule has 0 spiro atoms. The topological polar surface area (TPSA) is 38.5 Å². The van der Waals surface area contributed by atoms with Gasteiger partial charge < -0.3 is 15.4 Å². The van der Waals surface area contributed by atoms with Gasteiger partial charge in [-0.25, -0.2) is 0 Å². The van der Waals surface area contributed by atoms with Gasteiger partial charge in [0.25, 0.3) is 0 Å². The van der Waals surface area contributed by atoms with Gasteiger partial charge in [-0.2, -0.15) is 0 Å². The van der Waals surface area contributed by atoms with E-state index < -0.39 is 0 Å². The molecule has 1 saturated heterocycles. The maximum Gasteiger partial charge on any atom is 0.0702 e. The highest BCUT2D eigenvalue weighted by Gasteiger charge is 2.37. The molecule has 2 fully saturated rings. The van der Waals surface area contributed by atoms with Gasteiger partial charge in [0, 0.05) is 25.7 Å². The molecule has 2 aliphatic rings. The molecule has 1 saturated carbocycles. The summed E-state index contributed by atoms with van der Waals surface area (Å²) >= 11 is 0. The van der Waals surface area contributed by atoms with Gasteiger partial charge in [0.15, 0.2) is 0 Å². The molecule has 3 atom stereocenters. The second kappa shape index (κ2) is 5.68. The van der Waals surface area contributed by atoms with Crippen LogP contribution in [-0.4, -0.2) is 43.3 Å². The smallest absolute Gasteiger partial charge is 0.0702 e. The van der Waals surface area contributed by atoms with E-state index in [0.717, 1.165) is 26.2 Å². The van der Waals surface area contributed by atoms with Crippen molar-refractivity contribution < 1.29 is 4.74 Å². The standard InChI is InChI=1S/C14H28N2O/c1-3-16(10-12-6-5-9-17-12)11-14(2)8-4-7-13(14)15/h12-13H,3-11,15H2,1-2H3. The summed E-state index contributed by atoms with van der Waals surface area (Å²) in [5.74, 6) is 0. The Balaban J connectivity index is 1.85. The predicted molar refractivity (Wildman–Crippen MR) is 71.0 cm³/mol. The summed E-state index contributed by atoms with van der Waals surface area (Å²) in [4.78, 5) is 2.54. The van der Waals surface area contributed by atoms with Crippen molar-refractivity contribution >= 4 is 0 Å². The Bertz CT molecular complexity index is 240. The molecular formula is C14H28N2O. The van der Waals surface area contributed by atoms with Crippen molar-refractivity contribution in [1.29, 1.82) is 0 Å². The normalized spacial score (nSPS) is 38.1. The second-order valence-electron chi connectivity index (χ2n) is 6.12. The zero-order valence-corrected chi connectivity index (χ0v) is 11.5. The molecule has 100 valence electrons. The fraction of sp³-hybridized carbons (Fsp3) is 1.00. The molecule has 3 unspecified atom stereocenters. The van der Waals surface area contributed by atoms with Crippen molar-refractivity contribution in [2.45, 2.75) is 58.1 Å². The fourth-order valence-electron chi connectivity index (χ4n) is 3.35. The Labute approximate surface area is 106 Å². The Morgan fingerprint density at radius 1 is 1.35 bits per heavy atom. The summed E-state index contributed by atoms with van der Waals surface area (Å²) in [6, 6.07) is 0.390. The number of rotatable bonds is 5. The maximum absolute atomic E-state index is 6.27. The first-order valence-electron chi connectivity index (χ1n) is 7.23. The van der Waals surface area contributed by atoms with Crippen molar-refractivity contribution in [3.8, 4) is 0 Å². The van der Waals surface area contributed by atoms with Crippen LogP contribution in [0.1, 0.15) is 46.0 Å². The van der Waals surface area contributed by atoms with E-state index in [1.807, 2.05) is 0 Å². The van der Waals surface area contributed by atoms with E-state index in [-0.39, 0.29) is 0 Å². The molecule has 0 amide bonds. The fourth-order valence-corrected chi connectivity index (χ4v) is 3.35. The largest absolute Gasteiger partial charge is 0.377 e. The van der Waals surface area contributed by atoms with E-state index in [0.29, 0.717) is 17.6 Å². The molecular weight excluding hydrogens is 212 g/mol. The van der Waals surface area contributed by atoms with Crippen LogP contribution >= 0.6 is 0 Å². The zero-order valence-electron chi connectivity index (χ0n) is 11.5. The van der Waals surface area contributed by atoms with Crippen LogP contribution in [-0.2, 0) is 4.74 Å². The third kappa shape index (κ3) is 3.21. The van der Waals surface area contributed by atoms with Crippen LogP contribution in [0.15, 0.2) is 0 Å². The Morgan fingerprint density at radius 3 is 2.71 bits per heavy atom. The summed E-state index contributed by atoms with van der Waals surface area (Å²) in [5.41, 5.74) is 6.59. The number of likely N-dealkylation sites (N-methyl/N-ethyl adjacent to an activating group) is 1. The second-order valence-corrected chi connectivity index (χ2v) is 6.12. The van der Waals surface area contributed by atoms with E-state index in [2.05, 4.69) is 18.7 Å². The Kier molecular flexibility index (Phi) is 4.45. The van der Waals surface area contributed by atoms with Crippen LogP contribution in [0.4, 0.5) is 0 Å². The molecule has 0 aromatic rings. The molecule has 2 rings (SSSR count). The van der Waals surface area contributed by atoms with Gasteiger partial charge >= 0.3 is 0 Å². The molecule has 1 heterocycles. The average molecular weight is 240 g/mol. The van der Waals surface area contributed by atoms with Crippen LogP contribution < -0.4 is 5.73 Å². The molecule has 0 aromatic carbocycles. The van der Waals surface area contributed by atoms with Gasteiger partial charge in [-0.05, 0) is 37.6 Å². The molecule has 17 heavy (non-hydrogen) atoms. The third-order valence-electron chi connectivity index (χ3n) is 4.68. The summed E-state index contributed by atoms with van der Waals surface area (Å²) in [6.07, 6.45) is 6.73. The molecule has 0 radical (unpaired) electrons. The van der Waals surface area contributed by atoms with Crippen LogP contribution in [0.5, 0.6) is 0 Å². The first-order chi connectivity index (χ1) is 8.14. The molecule has 1 aliphatic heterocycles. The summed E-state index contributed by atoms with van der Waals surface area (Å²) in [6.45, 7) is 8.92. The quantitative estimate of drug-likeness (QED) is 0.799. The molecule has 1 aliphatic carbocycles. The molecule has 0 aromatic heterocycles. The predicted octanol–water partition coefficient (Wildman–Crippen LogP) is 2.00. The number of nitrogens with two attached hydrogens (primary N) is 1. The van der Waals surface area contributed by atoms with Gasteiger partial charge in [-0.3, -0.25) is 0 Å². The molecule has 3 heteroatoms. The number of ether oxygens (including phenoxy) is 1. The van der Waals surface area contributed by atoms with Crippen LogP contribution in [0.2, 0.25) is 0 Å². The van der Waals surface area contributed by atoms with Crippen LogP contribution in [0.25, 0.3) is 0 Å². The minimum absolute atomic E-state index is 0.328. The lowest BCUT2D eigenvalue weighted by atomic mass is 9.84. The average Bonchev–Trinajstić information content (AvgIpc) is 2.90. The van der Waals surface area contributed by atoms with Gasteiger partial charge in [0.2, 0.25) is 0 Å². The minimum Gasteiger partial charge on any atom is -0.377 e. The maximum atomic E-state index is 6.27. The summed E-state index contributed by atoms with van der Waals surface area (Å²) < 4.78 is 5.74. The van der Waals surface area contributed by atoms with Crippen LogP contribution in [0.3, 0.4) is 0 Å². The van der Waals surface area contributed by atoms with E-state index in [1.165, 1.54) is 32.1 Å². The lowest BCUT2D eigenvalue weighted by Crippen LogP contribution is -2.46. The number of hydrogen-bond donors (Lipinski definition) is 1. The zero-order chi connectivity index (χ0) is 12.3. The molecule has 0 bridgehead atoms. The first-order valence-corrected chi connectivity index (χ1v) is 7.23. The summed E-state index contributed by atoms with van der Waals surface area (Å²) in [5, 5.41) is 0. The number of nitrogens with zero attached hydrogens (tertiary/aromatic N) is 1. The minimum atomic E-state index is 0.328. The van der Waals surface area contributed by atoms with E-state index in [1.54, 1.807) is 0 Å². The Morgan fingerprint density at radius 2 is 2.18 bits per heavy atom. The highest BCUT2D eigenvalue weighted by Crippen LogP contribution is 2.37. The Hall–Kier alpha value is -0.120. The van der Waals surface area contributed by atoms with Crippen molar-refractivity contribution in [2.24, 2.45) is 11.1 Å². The van der Waals surface area contributed by atoms with E-state index >= 15 is 0 Å². The number of hydrogen-bond acceptors (Lipinski definition) is 3. The third-order valence-corrected chi connectivity index (χ3v) is 4.68. The van der Waals surface area contributed by atoms with Crippen molar-refractivity contribution in [3.63, 3.8) is 0 Å². The van der Waals surface area contributed by atoms with Crippen molar-refractivity contribution in [3.05, 3.63) is 0 Å². The molecule has 3 nitrogen and oxygen atoms in total. The van der Waals surface area contributed by atoms with Gasteiger partial charge in [-0.15, -0.1) is 0 Å². The monoisotopic (exact) mass is 240 g/mol. The van der Waals surface area contributed by atoms with E-state index in [9.17, 15) is 0 Å². The van der Waals surface area contributed by atoms with Gasteiger partial charge in [-0.1, -0.05) is 20.3 Å². The van der Waals surface area contributed by atoms with Crippen LogP contribution in [0, 0.1) is 5.41 Å². The van der Waals surface area contributed by atoms with Crippen molar-refractivity contribution in [2.75, 3.05) is 26.2 Å².